The van der Waals surface area contributed by atoms with E-state index in [-0.39, 0.29) is 18.3 Å². The Balaban J connectivity index is 1.42. The Morgan fingerprint density at radius 3 is 2.35 bits per heavy atom. The molecule has 0 aromatic heterocycles. The fourth-order valence-corrected chi connectivity index (χ4v) is 2.82. The molecule has 138 valence electrons. The van der Waals surface area contributed by atoms with Crippen LogP contribution in [-0.4, -0.2) is 50.6 Å². The molecule has 1 amide bonds. The maximum atomic E-state index is 12.8. The Kier molecular flexibility index (Phi) is 6.07. The molecular weight excluding hydrogens is 333 g/mol. The number of carbonyl (C=O) groups is 1. The number of hydrogen-bond donors (Lipinski definition) is 1. The second kappa shape index (κ2) is 8.67. The van der Waals surface area contributed by atoms with Crippen LogP contribution in [0, 0.1) is 5.82 Å². The molecule has 3 rings (SSSR count). The van der Waals surface area contributed by atoms with Gasteiger partial charge in [0.15, 0.2) is 6.61 Å². The number of piperazine rings is 1. The molecule has 1 N–H and O–H groups in total. The lowest BCUT2D eigenvalue weighted by atomic mass is 10.2. The van der Waals surface area contributed by atoms with Crippen LogP contribution in [0.2, 0.25) is 0 Å². The number of ether oxygens (including phenoxy) is 1. The van der Waals surface area contributed by atoms with E-state index >= 15 is 0 Å². The smallest absolute Gasteiger partial charge is 0.258 e. The molecule has 1 heterocycles. The lowest BCUT2D eigenvalue weighted by molar-refractivity contribution is -0.123. The SMILES string of the molecule is CN1CCN(c2ccc(CNC(=O)COc3ccc(F)cc3)cc2)CC1. The minimum Gasteiger partial charge on any atom is -0.484 e. The van der Waals surface area contributed by atoms with Gasteiger partial charge in [0.1, 0.15) is 11.6 Å². The van der Waals surface area contributed by atoms with Gasteiger partial charge in [-0.3, -0.25) is 4.79 Å². The molecule has 26 heavy (non-hydrogen) atoms. The number of rotatable bonds is 6. The maximum absolute atomic E-state index is 12.8. The van der Waals surface area contributed by atoms with Crippen molar-refractivity contribution >= 4 is 11.6 Å². The van der Waals surface area contributed by atoms with E-state index in [2.05, 4.69) is 34.3 Å². The number of anilines is 1. The van der Waals surface area contributed by atoms with E-state index in [0.717, 1.165) is 31.7 Å². The first-order valence-electron chi connectivity index (χ1n) is 8.78. The summed E-state index contributed by atoms with van der Waals surface area (Å²) in [6.45, 7) is 4.58. The lowest BCUT2D eigenvalue weighted by Gasteiger charge is -2.34. The third-order valence-corrected chi connectivity index (χ3v) is 4.48. The molecule has 0 atom stereocenters. The van der Waals surface area contributed by atoms with Gasteiger partial charge in [-0.1, -0.05) is 12.1 Å². The van der Waals surface area contributed by atoms with Crippen molar-refractivity contribution in [3.63, 3.8) is 0 Å². The van der Waals surface area contributed by atoms with Crippen LogP contribution >= 0.6 is 0 Å². The van der Waals surface area contributed by atoms with Crippen molar-refractivity contribution in [1.82, 2.24) is 10.2 Å². The monoisotopic (exact) mass is 357 g/mol. The van der Waals surface area contributed by atoms with Gasteiger partial charge in [0.05, 0.1) is 0 Å². The summed E-state index contributed by atoms with van der Waals surface area (Å²) < 4.78 is 18.1. The Morgan fingerprint density at radius 2 is 1.69 bits per heavy atom. The number of benzene rings is 2. The molecule has 0 bridgehead atoms. The zero-order chi connectivity index (χ0) is 18.4. The average molecular weight is 357 g/mol. The third-order valence-electron chi connectivity index (χ3n) is 4.48. The van der Waals surface area contributed by atoms with Crippen molar-refractivity contribution in [2.75, 3.05) is 44.7 Å². The summed E-state index contributed by atoms with van der Waals surface area (Å²) in [4.78, 5) is 16.6. The molecule has 2 aromatic rings. The van der Waals surface area contributed by atoms with Crippen LogP contribution < -0.4 is 15.0 Å². The van der Waals surface area contributed by atoms with Crippen molar-refractivity contribution in [2.45, 2.75) is 6.54 Å². The topological polar surface area (TPSA) is 44.8 Å². The Bertz CT molecular complexity index is 711. The summed E-state index contributed by atoms with van der Waals surface area (Å²) in [6, 6.07) is 13.9. The van der Waals surface area contributed by atoms with Crippen molar-refractivity contribution in [1.29, 1.82) is 0 Å². The second-order valence-corrected chi connectivity index (χ2v) is 6.48. The fourth-order valence-electron chi connectivity index (χ4n) is 2.82. The number of nitrogens with one attached hydrogen (secondary N) is 1. The molecule has 6 heteroatoms. The molecule has 1 aliphatic heterocycles. The van der Waals surface area contributed by atoms with Crippen LogP contribution in [0.3, 0.4) is 0 Å². The number of likely N-dealkylation sites (N-methyl/N-ethyl adjacent to an activating group) is 1. The molecule has 0 unspecified atom stereocenters. The van der Waals surface area contributed by atoms with Gasteiger partial charge < -0.3 is 19.9 Å². The lowest BCUT2D eigenvalue weighted by Crippen LogP contribution is -2.44. The van der Waals surface area contributed by atoms with Crippen LogP contribution in [-0.2, 0) is 11.3 Å². The summed E-state index contributed by atoms with van der Waals surface area (Å²) in [5.74, 6) is -0.0719. The Labute approximate surface area is 153 Å². The van der Waals surface area contributed by atoms with Gasteiger partial charge in [0, 0.05) is 38.4 Å². The first kappa shape index (κ1) is 18.2. The largest absolute Gasteiger partial charge is 0.484 e. The first-order chi connectivity index (χ1) is 12.6. The van der Waals surface area contributed by atoms with E-state index < -0.39 is 0 Å². The quantitative estimate of drug-likeness (QED) is 0.862. The van der Waals surface area contributed by atoms with Gasteiger partial charge in [-0.2, -0.15) is 0 Å². The highest BCUT2D eigenvalue weighted by Crippen LogP contribution is 2.17. The Morgan fingerprint density at radius 1 is 1.04 bits per heavy atom. The number of hydrogen-bond acceptors (Lipinski definition) is 4. The van der Waals surface area contributed by atoms with Crippen molar-refractivity contribution in [3.05, 3.63) is 59.9 Å². The summed E-state index contributed by atoms with van der Waals surface area (Å²) in [5.41, 5.74) is 2.26. The van der Waals surface area contributed by atoms with E-state index in [1.54, 1.807) is 0 Å². The molecular formula is C20H24FN3O2. The standard InChI is InChI=1S/C20H24FN3O2/c1-23-10-12-24(13-11-23)18-6-2-16(3-7-18)14-22-20(25)15-26-19-8-4-17(21)5-9-19/h2-9H,10-15H2,1H3,(H,22,25). The van der Waals surface area contributed by atoms with Gasteiger partial charge in [0.2, 0.25) is 0 Å². The molecule has 2 aromatic carbocycles. The predicted octanol–water partition coefficient (Wildman–Crippen LogP) is 2.27. The van der Waals surface area contributed by atoms with E-state index in [0.29, 0.717) is 12.3 Å². The van der Waals surface area contributed by atoms with Crippen LogP contribution in [0.1, 0.15) is 5.56 Å². The summed E-state index contributed by atoms with van der Waals surface area (Å²) in [6.07, 6.45) is 0. The van der Waals surface area contributed by atoms with Gasteiger partial charge >= 0.3 is 0 Å². The zero-order valence-corrected chi connectivity index (χ0v) is 15.0. The molecule has 1 aliphatic rings. The molecule has 0 saturated carbocycles. The number of nitrogens with zero attached hydrogens (tertiary/aromatic N) is 2. The van der Waals surface area contributed by atoms with E-state index in [9.17, 15) is 9.18 Å². The van der Waals surface area contributed by atoms with Crippen LogP contribution in [0.5, 0.6) is 5.75 Å². The predicted molar refractivity (Wildman–Crippen MR) is 99.9 cm³/mol. The molecule has 1 saturated heterocycles. The molecule has 0 radical (unpaired) electrons. The highest BCUT2D eigenvalue weighted by Gasteiger charge is 2.14. The van der Waals surface area contributed by atoms with Gasteiger partial charge in [-0.05, 0) is 49.0 Å². The minimum atomic E-state index is -0.332. The fraction of sp³-hybridized carbons (Fsp3) is 0.350. The number of halogens is 1. The van der Waals surface area contributed by atoms with Crippen molar-refractivity contribution in [2.24, 2.45) is 0 Å². The summed E-state index contributed by atoms with van der Waals surface area (Å²) in [5, 5.41) is 2.83. The van der Waals surface area contributed by atoms with Crippen LogP contribution in [0.4, 0.5) is 10.1 Å². The normalized spacial score (nSPS) is 14.9. The van der Waals surface area contributed by atoms with Crippen LogP contribution in [0.15, 0.2) is 48.5 Å². The van der Waals surface area contributed by atoms with E-state index in [4.69, 9.17) is 4.74 Å². The van der Waals surface area contributed by atoms with Gasteiger partial charge in [-0.25, -0.2) is 4.39 Å². The van der Waals surface area contributed by atoms with Gasteiger partial charge in [0.25, 0.3) is 5.91 Å². The van der Waals surface area contributed by atoms with E-state index in [1.165, 1.54) is 30.0 Å². The maximum Gasteiger partial charge on any atom is 0.258 e. The first-order valence-corrected chi connectivity index (χ1v) is 8.78. The molecule has 0 spiro atoms. The average Bonchev–Trinajstić information content (AvgIpc) is 2.67. The van der Waals surface area contributed by atoms with Gasteiger partial charge in [-0.15, -0.1) is 0 Å². The van der Waals surface area contributed by atoms with Crippen LogP contribution in [0.25, 0.3) is 0 Å². The highest BCUT2D eigenvalue weighted by molar-refractivity contribution is 5.77. The summed E-state index contributed by atoms with van der Waals surface area (Å²) >= 11 is 0. The number of amides is 1. The highest BCUT2D eigenvalue weighted by atomic mass is 19.1. The molecule has 1 fully saturated rings. The second-order valence-electron chi connectivity index (χ2n) is 6.48. The van der Waals surface area contributed by atoms with Crippen molar-refractivity contribution < 1.29 is 13.9 Å². The molecule has 5 nitrogen and oxygen atoms in total. The molecule has 0 aliphatic carbocycles. The minimum absolute atomic E-state index is 0.0923. The van der Waals surface area contributed by atoms with E-state index in [1.807, 2.05) is 12.1 Å². The zero-order valence-electron chi connectivity index (χ0n) is 15.0. The van der Waals surface area contributed by atoms with Crippen molar-refractivity contribution in [3.8, 4) is 5.75 Å². The summed E-state index contributed by atoms with van der Waals surface area (Å²) in [7, 11) is 2.14. The Hall–Kier alpha value is -2.60. The number of carbonyl (C=O) groups excluding carboxylic acids is 1. The third kappa shape index (κ3) is 5.20.